The number of carboxylic acids is 2. The summed E-state index contributed by atoms with van der Waals surface area (Å²) < 4.78 is 38.8. The average molecular weight is 561 g/mol. The van der Waals surface area contributed by atoms with E-state index < -0.39 is 30.2 Å². The molecule has 0 aliphatic heterocycles. The molecule has 2 aromatic carbocycles. The summed E-state index contributed by atoms with van der Waals surface area (Å²) in [6, 6.07) is 18.4. The lowest BCUT2D eigenvalue weighted by atomic mass is 9.98. The number of alkyl halides is 3. The molecule has 1 heterocycles. The van der Waals surface area contributed by atoms with E-state index in [4.69, 9.17) is 14.6 Å². The zero-order chi connectivity index (χ0) is 29.3. The summed E-state index contributed by atoms with van der Waals surface area (Å²) in [5.41, 5.74) is 4.47. The predicted molar refractivity (Wildman–Crippen MR) is 133 cm³/mol. The Morgan fingerprint density at radius 1 is 0.975 bits per heavy atom. The molecule has 212 valence electrons. The third kappa shape index (κ3) is 8.19. The van der Waals surface area contributed by atoms with Crippen LogP contribution in [0.25, 0.3) is 11.1 Å². The molecule has 0 saturated carbocycles. The third-order valence-electron chi connectivity index (χ3n) is 6.17. The maximum atomic E-state index is 12.4. The first-order valence-corrected chi connectivity index (χ1v) is 12.3. The smallest absolute Gasteiger partial charge is 0.430 e. The maximum Gasteiger partial charge on any atom is 0.430 e. The van der Waals surface area contributed by atoms with Crippen LogP contribution in [0.1, 0.15) is 36.3 Å². The molecule has 0 fully saturated rings. The normalized spacial score (nSPS) is 12.8. The van der Waals surface area contributed by atoms with Crippen LogP contribution in [-0.2, 0) is 20.9 Å². The first-order valence-electron chi connectivity index (χ1n) is 12.3. The average Bonchev–Trinajstić information content (AvgIpc) is 3.22. The molecule has 1 amide bonds. The number of amides is 1. The van der Waals surface area contributed by atoms with E-state index in [0.29, 0.717) is 25.8 Å². The third-order valence-corrected chi connectivity index (χ3v) is 6.17. The van der Waals surface area contributed by atoms with Crippen LogP contribution in [0, 0.1) is 0 Å². The predicted octanol–water partition coefficient (Wildman–Crippen LogP) is 3.14. The van der Waals surface area contributed by atoms with Crippen LogP contribution < -0.4 is 15.0 Å². The van der Waals surface area contributed by atoms with Crippen LogP contribution >= 0.6 is 0 Å². The highest BCUT2D eigenvalue weighted by Gasteiger charge is 2.30. The van der Waals surface area contributed by atoms with Gasteiger partial charge in [-0.15, -0.1) is 0 Å². The molecule has 0 saturated heterocycles. The molecule has 0 spiro atoms. The quantitative estimate of drug-likeness (QED) is 0.270. The number of alkyl carbamates (subject to hydrolysis) is 1. The van der Waals surface area contributed by atoms with E-state index in [-0.39, 0.29) is 18.3 Å². The number of nitrogens with one attached hydrogen (secondary N) is 1. The number of aromatic nitrogens is 1. The van der Waals surface area contributed by atoms with Gasteiger partial charge < -0.3 is 30.2 Å². The van der Waals surface area contributed by atoms with Crippen molar-refractivity contribution in [3.8, 4) is 16.9 Å². The van der Waals surface area contributed by atoms with E-state index in [9.17, 15) is 33.0 Å². The fourth-order valence-corrected chi connectivity index (χ4v) is 4.33. The Balaban J connectivity index is 0.000000559. The SMILES string of the molecule is O=C(N[C@@H](CCCC[n+]1cccc(O)c1)C(=O)O)OCC1c2ccccc2-c2ccccc21.O=C([O-])C(F)(F)F. The number of unbranched alkanes of at least 4 members (excludes halogenated alkanes) is 1. The van der Waals surface area contributed by atoms with Gasteiger partial charge in [-0.25, -0.2) is 14.2 Å². The summed E-state index contributed by atoms with van der Waals surface area (Å²) in [5.74, 6) is -4.00. The molecule has 3 aromatic rings. The number of nitrogens with zero attached hydrogens (tertiary/aromatic N) is 1. The Hall–Kier alpha value is -4.61. The standard InChI is InChI=1S/C26H26N2O5.C2HF3O2/c29-18-8-7-15-28(16-18)14-6-5-13-24(25(30)31)27-26(32)33-17-23-21-11-3-1-9-19(21)20-10-2-4-12-22(20)23;3-2(4,5)1(6)7/h1-4,7-12,15-16,23-24H,5-6,13-14,17H2,(H2-,27,29,30,31,32);(H,6,7)/t24-;/m0./s1. The number of hydrogen-bond acceptors (Lipinski definition) is 6. The number of hydrogen-bond donors (Lipinski definition) is 3. The lowest BCUT2D eigenvalue weighted by Gasteiger charge is -2.17. The lowest BCUT2D eigenvalue weighted by molar-refractivity contribution is -0.697. The summed E-state index contributed by atoms with van der Waals surface area (Å²) in [7, 11) is 0. The van der Waals surface area contributed by atoms with Crippen molar-refractivity contribution in [1.82, 2.24) is 5.32 Å². The van der Waals surface area contributed by atoms with Gasteiger partial charge in [-0.1, -0.05) is 48.5 Å². The molecule has 0 bridgehead atoms. The van der Waals surface area contributed by atoms with E-state index in [1.165, 1.54) is 0 Å². The van der Waals surface area contributed by atoms with Gasteiger partial charge >= 0.3 is 18.2 Å². The minimum absolute atomic E-state index is 0.0780. The number of aromatic hydroxyl groups is 1. The maximum absolute atomic E-state index is 12.4. The van der Waals surface area contributed by atoms with Gasteiger partial charge in [0.2, 0.25) is 6.20 Å². The fraction of sp³-hybridized carbons (Fsp3) is 0.286. The summed E-state index contributed by atoms with van der Waals surface area (Å²) in [5, 5.41) is 30.3. The first-order chi connectivity index (χ1) is 19.0. The van der Waals surface area contributed by atoms with Gasteiger partial charge in [0.05, 0.1) is 0 Å². The topological polar surface area (TPSA) is 140 Å². The van der Waals surface area contributed by atoms with Crippen molar-refractivity contribution in [2.24, 2.45) is 0 Å². The van der Waals surface area contributed by atoms with Gasteiger partial charge in [0.1, 0.15) is 25.2 Å². The van der Waals surface area contributed by atoms with Crippen LogP contribution in [0.3, 0.4) is 0 Å². The van der Waals surface area contributed by atoms with E-state index in [1.807, 2.05) is 47.2 Å². The second kappa shape index (κ2) is 13.5. The lowest BCUT2D eigenvalue weighted by Crippen LogP contribution is -2.41. The van der Waals surface area contributed by atoms with Crippen molar-refractivity contribution in [3.63, 3.8) is 0 Å². The zero-order valence-electron chi connectivity index (χ0n) is 21.1. The molecule has 1 atom stereocenters. The van der Waals surface area contributed by atoms with Crippen LogP contribution in [0.2, 0.25) is 0 Å². The number of carboxylic acid groups (broad SMARTS) is 2. The van der Waals surface area contributed by atoms with Gasteiger partial charge in [0, 0.05) is 18.4 Å². The van der Waals surface area contributed by atoms with Crippen LogP contribution in [-0.4, -0.2) is 47.1 Å². The van der Waals surface area contributed by atoms with Gasteiger partial charge in [-0.3, -0.25) is 0 Å². The summed E-state index contributed by atoms with van der Waals surface area (Å²) in [6.07, 6.45) is -0.869. The van der Waals surface area contributed by atoms with Crippen molar-refractivity contribution in [2.45, 2.75) is 43.9 Å². The summed E-state index contributed by atoms with van der Waals surface area (Å²) in [4.78, 5) is 32.8. The number of ether oxygens (including phenoxy) is 1. The van der Waals surface area contributed by atoms with Gasteiger partial charge in [-0.2, -0.15) is 13.2 Å². The van der Waals surface area contributed by atoms with E-state index >= 15 is 0 Å². The molecule has 0 unspecified atom stereocenters. The van der Waals surface area contributed by atoms with Crippen molar-refractivity contribution < 1.29 is 52.2 Å². The minimum Gasteiger partial charge on any atom is -0.542 e. The van der Waals surface area contributed by atoms with E-state index in [2.05, 4.69) is 17.4 Å². The second-order valence-electron chi connectivity index (χ2n) is 8.94. The number of aliphatic carboxylic acids is 2. The van der Waals surface area contributed by atoms with Gasteiger partial charge in [-0.05, 0) is 41.2 Å². The number of pyridine rings is 1. The monoisotopic (exact) mass is 560 g/mol. The Labute approximate surface area is 227 Å². The van der Waals surface area contributed by atoms with Gasteiger partial charge in [0.15, 0.2) is 11.9 Å². The largest absolute Gasteiger partial charge is 0.542 e. The summed E-state index contributed by atoms with van der Waals surface area (Å²) in [6.45, 7) is 0.784. The van der Waals surface area contributed by atoms with Crippen molar-refractivity contribution in [2.75, 3.05) is 6.61 Å². The van der Waals surface area contributed by atoms with Crippen LogP contribution in [0.15, 0.2) is 73.1 Å². The number of benzene rings is 2. The van der Waals surface area contributed by atoms with Crippen molar-refractivity contribution in [1.29, 1.82) is 0 Å². The van der Waals surface area contributed by atoms with Crippen LogP contribution in [0.4, 0.5) is 18.0 Å². The van der Waals surface area contributed by atoms with Crippen LogP contribution in [0.5, 0.6) is 5.75 Å². The number of fused-ring (bicyclic) bond motifs is 3. The molecule has 3 N–H and O–H groups in total. The Bertz CT molecular complexity index is 1300. The van der Waals surface area contributed by atoms with E-state index in [1.54, 1.807) is 18.3 Å². The van der Waals surface area contributed by atoms with E-state index in [0.717, 1.165) is 22.3 Å². The minimum atomic E-state index is -5.19. The highest BCUT2D eigenvalue weighted by molar-refractivity contribution is 5.81. The molecular weight excluding hydrogens is 533 g/mol. The summed E-state index contributed by atoms with van der Waals surface area (Å²) >= 11 is 0. The molecule has 40 heavy (non-hydrogen) atoms. The number of aryl methyl sites for hydroxylation is 1. The number of halogens is 3. The molecule has 1 aliphatic carbocycles. The highest BCUT2D eigenvalue weighted by atomic mass is 19.4. The molecule has 0 radical (unpaired) electrons. The number of rotatable bonds is 9. The zero-order valence-corrected chi connectivity index (χ0v) is 21.1. The molecule has 1 aliphatic rings. The number of carbonyl (C=O) groups excluding carboxylic acids is 2. The Kier molecular flexibility index (Phi) is 10.1. The molecule has 12 heteroatoms. The van der Waals surface area contributed by atoms with Gasteiger partial charge in [0.25, 0.3) is 0 Å². The molecule has 1 aromatic heterocycles. The Morgan fingerprint density at radius 2 is 1.55 bits per heavy atom. The highest BCUT2D eigenvalue weighted by Crippen LogP contribution is 2.44. The fourth-order valence-electron chi connectivity index (χ4n) is 4.33. The molecular formula is C28H27F3N2O7. The van der Waals surface area contributed by atoms with Crippen molar-refractivity contribution >= 4 is 18.0 Å². The van der Waals surface area contributed by atoms with Crippen molar-refractivity contribution in [3.05, 3.63) is 84.2 Å². The number of carbonyl (C=O) groups is 3. The first kappa shape index (κ1) is 29.9. The molecule has 9 nitrogen and oxygen atoms in total. The Morgan fingerprint density at radius 3 is 2.08 bits per heavy atom. The molecule has 4 rings (SSSR count). The second-order valence-corrected chi connectivity index (χ2v) is 8.94.